The SMILES string of the molecule is CCC(N)Cc1ccc(N(C)CCSC)c(C)c1. The maximum atomic E-state index is 6.01. The van der Waals surface area contributed by atoms with Crippen LogP contribution in [0.3, 0.4) is 0 Å². The minimum Gasteiger partial charge on any atom is -0.374 e. The number of nitrogens with zero attached hydrogens (tertiary/aromatic N) is 1. The molecule has 0 spiro atoms. The number of hydrogen-bond donors (Lipinski definition) is 1. The molecular weight excluding hydrogens is 240 g/mol. The molecule has 0 aliphatic carbocycles. The molecule has 0 aliphatic heterocycles. The van der Waals surface area contributed by atoms with E-state index in [4.69, 9.17) is 5.73 Å². The van der Waals surface area contributed by atoms with E-state index >= 15 is 0 Å². The van der Waals surface area contributed by atoms with Crippen LogP contribution in [0.25, 0.3) is 0 Å². The highest BCUT2D eigenvalue weighted by atomic mass is 32.2. The number of rotatable bonds is 7. The zero-order valence-corrected chi connectivity index (χ0v) is 12.9. The fourth-order valence-corrected chi connectivity index (χ4v) is 2.53. The Morgan fingerprint density at radius 1 is 1.39 bits per heavy atom. The van der Waals surface area contributed by atoms with Gasteiger partial charge >= 0.3 is 0 Å². The molecule has 2 nitrogen and oxygen atoms in total. The Morgan fingerprint density at radius 2 is 2.11 bits per heavy atom. The van der Waals surface area contributed by atoms with Gasteiger partial charge in [0.25, 0.3) is 0 Å². The summed E-state index contributed by atoms with van der Waals surface area (Å²) < 4.78 is 0. The Labute approximate surface area is 116 Å². The summed E-state index contributed by atoms with van der Waals surface area (Å²) in [4.78, 5) is 2.33. The molecule has 102 valence electrons. The first-order chi connectivity index (χ1) is 8.58. The van der Waals surface area contributed by atoms with Crippen molar-refractivity contribution in [3.8, 4) is 0 Å². The first kappa shape index (κ1) is 15.4. The van der Waals surface area contributed by atoms with Crippen molar-refractivity contribution in [2.45, 2.75) is 32.7 Å². The molecule has 1 aromatic carbocycles. The summed E-state index contributed by atoms with van der Waals surface area (Å²) in [6.07, 6.45) is 4.16. The fraction of sp³-hybridized carbons (Fsp3) is 0.600. The van der Waals surface area contributed by atoms with Gasteiger partial charge in [0.05, 0.1) is 0 Å². The van der Waals surface area contributed by atoms with Gasteiger partial charge in [-0.05, 0) is 43.2 Å². The Morgan fingerprint density at radius 3 is 2.67 bits per heavy atom. The molecule has 0 amide bonds. The first-order valence-electron chi connectivity index (χ1n) is 6.63. The largest absolute Gasteiger partial charge is 0.374 e. The Bertz CT molecular complexity index is 366. The van der Waals surface area contributed by atoms with Crippen LogP contribution in [0.5, 0.6) is 0 Å². The van der Waals surface area contributed by atoms with E-state index in [1.54, 1.807) is 0 Å². The van der Waals surface area contributed by atoms with E-state index in [1.165, 1.54) is 22.6 Å². The number of nitrogens with two attached hydrogens (primary N) is 1. The van der Waals surface area contributed by atoms with Gasteiger partial charge in [0.2, 0.25) is 0 Å². The summed E-state index contributed by atoms with van der Waals surface area (Å²) in [7, 11) is 2.16. The summed E-state index contributed by atoms with van der Waals surface area (Å²) >= 11 is 1.89. The summed E-state index contributed by atoms with van der Waals surface area (Å²) in [6, 6.07) is 7.01. The van der Waals surface area contributed by atoms with Gasteiger partial charge in [0.15, 0.2) is 0 Å². The van der Waals surface area contributed by atoms with E-state index in [0.717, 1.165) is 19.4 Å². The van der Waals surface area contributed by atoms with Crippen molar-refractivity contribution in [3.63, 3.8) is 0 Å². The van der Waals surface area contributed by atoms with Crippen molar-refractivity contribution in [2.75, 3.05) is 30.5 Å². The third-order valence-corrected chi connectivity index (χ3v) is 3.92. The molecule has 3 heteroatoms. The standard InChI is InChI=1S/C15H26N2S/c1-5-14(16)11-13-6-7-15(12(2)10-13)17(3)8-9-18-4/h6-7,10,14H,5,8-9,11,16H2,1-4H3. The number of hydrogen-bond acceptors (Lipinski definition) is 3. The first-order valence-corrected chi connectivity index (χ1v) is 8.03. The Balaban J connectivity index is 2.72. The van der Waals surface area contributed by atoms with Crippen LogP contribution in [0.2, 0.25) is 0 Å². The van der Waals surface area contributed by atoms with E-state index in [-0.39, 0.29) is 6.04 Å². The molecule has 0 aliphatic rings. The van der Waals surface area contributed by atoms with Gasteiger partial charge in [-0.15, -0.1) is 0 Å². The monoisotopic (exact) mass is 266 g/mol. The number of thioether (sulfide) groups is 1. The van der Waals surface area contributed by atoms with E-state index in [1.807, 2.05) is 11.8 Å². The third-order valence-electron chi connectivity index (χ3n) is 3.33. The number of aryl methyl sites for hydroxylation is 1. The van der Waals surface area contributed by atoms with Crippen LogP contribution in [-0.2, 0) is 6.42 Å². The van der Waals surface area contributed by atoms with Crippen molar-refractivity contribution in [3.05, 3.63) is 29.3 Å². The van der Waals surface area contributed by atoms with Gasteiger partial charge in [0, 0.05) is 31.1 Å². The van der Waals surface area contributed by atoms with Gasteiger partial charge in [0.1, 0.15) is 0 Å². The average Bonchev–Trinajstić information content (AvgIpc) is 2.36. The topological polar surface area (TPSA) is 29.3 Å². The third kappa shape index (κ3) is 4.54. The summed E-state index contributed by atoms with van der Waals surface area (Å²) in [5, 5.41) is 0. The van der Waals surface area contributed by atoms with Crippen LogP contribution in [0.15, 0.2) is 18.2 Å². The van der Waals surface area contributed by atoms with Crippen molar-refractivity contribution in [1.82, 2.24) is 0 Å². The summed E-state index contributed by atoms with van der Waals surface area (Å²) in [5.41, 5.74) is 10.0. The molecule has 0 saturated heterocycles. The van der Waals surface area contributed by atoms with Crippen LogP contribution in [0, 0.1) is 6.92 Å². The Kier molecular flexibility index (Phi) is 6.58. The van der Waals surface area contributed by atoms with Crippen molar-refractivity contribution < 1.29 is 0 Å². The maximum absolute atomic E-state index is 6.01. The second-order valence-electron chi connectivity index (χ2n) is 4.91. The zero-order valence-electron chi connectivity index (χ0n) is 12.1. The zero-order chi connectivity index (χ0) is 13.5. The van der Waals surface area contributed by atoms with Crippen LogP contribution < -0.4 is 10.6 Å². The molecule has 1 atom stereocenters. The van der Waals surface area contributed by atoms with Crippen molar-refractivity contribution in [2.24, 2.45) is 5.73 Å². The van der Waals surface area contributed by atoms with Crippen LogP contribution in [0.4, 0.5) is 5.69 Å². The minimum absolute atomic E-state index is 0.282. The molecule has 2 N–H and O–H groups in total. The van der Waals surface area contributed by atoms with Gasteiger partial charge in [-0.3, -0.25) is 0 Å². The van der Waals surface area contributed by atoms with Gasteiger partial charge in [-0.1, -0.05) is 19.1 Å². The van der Waals surface area contributed by atoms with Crippen molar-refractivity contribution in [1.29, 1.82) is 0 Å². The molecule has 0 saturated carbocycles. The van der Waals surface area contributed by atoms with Crippen molar-refractivity contribution >= 4 is 17.4 Å². The molecule has 18 heavy (non-hydrogen) atoms. The molecular formula is C15H26N2S. The van der Waals surface area contributed by atoms with Crippen LogP contribution >= 0.6 is 11.8 Å². The molecule has 0 radical (unpaired) electrons. The lowest BCUT2D eigenvalue weighted by Gasteiger charge is -2.22. The summed E-state index contributed by atoms with van der Waals surface area (Å²) in [6.45, 7) is 5.42. The molecule has 0 aromatic heterocycles. The molecule has 1 aromatic rings. The number of benzene rings is 1. The maximum Gasteiger partial charge on any atom is 0.0393 e. The van der Waals surface area contributed by atoms with Gasteiger partial charge in [-0.2, -0.15) is 11.8 Å². The lowest BCUT2D eigenvalue weighted by molar-refractivity contribution is 0.646. The summed E-state index contributed by atoms with van der Waals surface area (Å²) in [5.74, 6) is 1.17. The highest BCUT2D eigenvalue weighted by Gasteiger charge is 2.07. The van der Waals surface area contributed by atoms with E-state index in [9.17, 15) is 0 Å². The average molecular weight is 266 g/mol. The highest BCUT2D eigenvalue weighted by molar-refractivity contribution is 7.98. The van der Waals surface area contributed by atoms with E-state index < -0.39 is 0 Å². The Hall–Kier alpha value is -0.670. The van der Waals surface area contributed by atoms with Crippen LogP contribution in [0.1, 0.15) is 24.5 Å². The molecule has 1 rings (SSSR count). The quantitative estimate of drug-likeness (QED) is 0.822. The second-order valence-corrected chi connectivity index (χ2v) is 5.89. The van der Waals surface area contributed by atoms with Gasteiger partial charge in [-0.25, -0.2) is 0 Å². The van der Waals surface area contributed by atoms with E-state index in [2.05, 4.69) is 50.2 Å². The smallest absolute Gasteiger partial charge is 0.0393 e. The molecule has 1 unspecified atom stereocenters. The minimum atomic E-state index is 0.282. The predicted molar refractivity (Wildman–Crippen MR) is 84.8 cm³/mol. The van der Waals surface area contributed by atoms with Gasteiger partial charge < -0.3 is 10.6 Å². The molecule has 0 bridgehead atoms. The van der Waals surface area contributed by atoms with Crippen LogP contribution in [-0.4, -0.2) is 31.6 Å². The highest BCUT2D eigenvalue weighted by Crippen LogP contribution is 2.21. The number of anilines is 1. The molecule has 0 fully saturated rings. The van der Waals surface area contributed by atoms with E-state index in [0.29, 0.717) is 0 Å². The lowest BCUT2D eigenvalue weighted by atomic mass is 10.0. The second kappa shape index (κ2) is 7.70. The fourth-order valence-electron chi connectivity index (χ4n) is 2.07. The molecule has 0 heterocycles. The lowest BCUT2D eigenvalue weighted by Crippen LogP contribution is -2.22. The predicted octanol–water partition coefficient (Wildman–Crippen LogP) is 3.07. The normalized spacial score (nSPS) is 12.5.